The van der Waals surface area contributed by atoms with E-state index in [0.717, 1.165) is 5.92 Å². The van der Waals surface area contributed by atoms with E-state index < -0.39 is 0 Å². The minimum absolute atomic E-state index is 0.963. The molecule has 1 heterocycles. The molecule has 84 valence electrons. The molecule has 0 saturated carbocycles. The van der Waals surface area contributed by atoms with Crippen molar-refractivity contribution in [3.63, 3.8) is 0 Å². The van der Waals surface area contributed by atoms with Crippen molar-refractivity contribution >= 4 is 15.9 Å². The van der Waals surface area contributed by atoms with Gasteiger partial charge in [0.2, 0.25) is 0 Å². The Bertz CT molecular complexity index is 136. The van der Waals surface area contributed by atoms with Gasteiger partial charge in [-0.3, -0.25) is 0 Å². The number of unbranched alkanes of at least 4 members (excludes halogenated alkanes) is 2. The van der Waals surface area contributed by atoms with E-state index in [1.54, 1.807) is 0 Å². The molecule has 1 aliphatic rings. The molecule has 2 heteroatoms. The van der Waals surface area contributed by atoms with E-state index in [1.165, 1.54) is 63.5 Å². The number of piperidine rings is 1. The fourth-order valence-electron chi connectivity index (χ4n) is 2.33. The van der Waals surface area contributed by atoms with Crippen LogP contribution in [0.4, 0.5) is 0 Å². The molecule has 1 rings (SSSR count). The largest absolute Gasteiger partial charge is 0.303 e. The Balaban J connectivity index is 2.12. The van der Waals surface area contributed by atoms with Crippen LogP contribution in [0, 0.1) is 5.92 Å². The molecule has 1 nitrogen and oxygen atoms in total. The lowest BCUT2D eigenvalue weighted by Gasteiger charge is -2.32. The van der Waals surface area contributed by atoms with Crippen molar-refractivity contribution in [2.45, 2.75) is 45.4 Å². The average molecular weight is 262 g/mol. The lowest BCUT2D eigenvalue weighted by atomic mass is 9.95. The van der Waals surface area contributed by atoms with Crippen molar-refractivity contribution in [2.24, 2.45) is 5.92 Å². The zero-order valence-electron chi connectivity index (χ0n) is 9.47. The zero-order valence-corrected chi connectivity index (χ0v) is 11.1. The van der Waals surface area contributed by atoms with Crippen LogP contribution in [-0.4, -0.2) is 29.9 Å². The van der Waals surface area contributed by atoms with E-state index >= 15 is 0 Å². The first-order valence-corrected chi connectivity index (χ1v) is 7.27. The third-order valence-electron chi connectivity index (χ3n) is 3.20. The maximum Gasteiger partial charge on any atom is 0.00344 e. The normalized spacial score (nSPS) is 24.0. The van der Waals surface area contributed by atoms with Crippen molar-refractivity contribution < 1.29 is 0 Å². The predicted octanol–water partition coefficient (Wildman–Crippen LogP) is 3.67. The van der Waals surface area contributed by atoms with Gasteiger partial charge < -0.3 is 4.90 Å². The summed E-state index contributed by atoms with van der Waals surface area (Å²) in [4.78, 5) is 2.67. The molecule has 0 radical (unpaired) electrons. The molecule has 1 saturated heterocycles. The van der Waals surface area contributed by atoms with Crippen LogP contribution in [0.2, 0.25) is 0 Å². The lowest BCUT2D eigenvalue weighted by molar-refractivity contribution is 0.170. The van der Waals surface area contributed by atoms with Crippen LogP contribution in [0.3, 0.4) is 0 Å². The molecular weight excluding hydrogens is 238 g/mol. The first kappa shape index (κ1) is 12.5. The molecule has 0 amide bonds. The van der Waals surface area contributed by atoms with E-state index in [4.69, 9.17) is 0 Å². The van der Waals surface area contributed by atoms with Gasteiger partial charge in [-0.1, -0.05) is 35.7 Å². The van der Waals surface area contributed by atoms with Crippen LogP contribution < -0.4 is 0 Å². The second kappa shape index (κ2) is 7.70. The van der Waals surface area contributed by atoms with Gasteiger partial charge in [-0.25, -0.2) is 0 Å². The van der Waals surface area contributed by atoms with E-state index in [-0.39, 0.29) is 0 Å². The summed E-state index contributed by atoms with van der Waals surface area (Å²) in [5.74, 6) is 0.963. The van der Waals surface area contributed by atoms with Crippen molar-refractivity contribution in [1.82, 2.24) is 4.90 Å². The van der Waals surface area contributed by atoms with Gasteiger partial charge in [-0.15, -0.1) is 0 Å². The molecule has 0 aromatic heterocycles. The molecule has 0 aliphatic carbocycles. The van der Waals surface area contributed by atoms with Crippen molar-refractivity contribution in [2.75, 3.05) is 25.0 Å². The molecule has 0 aromatic rings. The fraction of sp³-hybridized carbons (Fsp3) is 1.00. The highest BCUT2D eigenvalue weighted by Crippen LogP contribution is 2.20. The van der Waals surface area contributed by atoms with Gasteiger partial charge in [0.15, 0.2) is 0 Å². The Kier molecular flexibility index (Phi) is 6.88. The third kappa shape index (κ3) is 4.79. The van der Waals surface area contributed by atoms with Crippen LogP contribution in [0.1, 0.15) is 45.4 Å². The molecule has 0 aromatic carbocycles. The van der Waals surface area contributed by atoms with Crippen LogP contribution in [-0.2, 0) is 0 Å². The first-order valence-electron chi connectivity index (χ1n) is 6.15. The van der Waals surface area contributed by atoms with Gasteiger partial charge >= 0.3 is 0 Å². The maximum absolute atomic E-state index is 3.55. The van der Waals surface area contributed by atoms with Gasteiger partial charge in [0, 0.05) is 11.9 Å². The van der Waals surface area contributed by atoms with E-state index in [1.807, 2.05) is 0 Å². The topological polar surface area (TPSA) is 3.24 Å². The first-order chi connectivity index (χ1) is 6.86. The summed E-state index contributed by atoms with van der Waals surface area (Å²) >= 11 is 3.55. The van der Waals surface area contributed by atoms with Crippen molar-refractivity contribution in [3.8, 4) is 0 Å². The smallest absolute Gasteiger partial charge is 0.00344 e. The van der Waals surface area contributed by atoms with E-state index in [0.29, 0.717) is 0 Å². The number of halogens is 1. The summed E-state index contributed by atoms with van der Waals surface area (Å²) in [7, 11) is 0. The highest BCUT2D eigenvalue weighted by Gasteiger charge is 2.18. The number of alkyl halides is 1. The summed E-state index contributed by atoms with van der Waals surface area (Å²) in [5, 5.41) is 1.18. The average Bonchev–Trinajstić information content (AvgIpc) is 2.19. The Morgan fingerprint density at radius 3 is 2.93 bits per heavy atom. The van der Waals surface area contributed by atoms with Crippen molar-refractivity contribution in [3.05, 3.63) is 0 Å². The standard InChI is InChI=1S/C12H24BrN/c1-2-3-4-9-14-10-5-6-12(11-14)7-8-13/h12H,2-11H2,1H3. The van der Waals surface area contributed by atoms with Gasteiger partial charge in [0.05, 0.1) is 0 Å². The number of hydrogen-bond donors (Lipinski definition) is 0. The van der Waals surface area contributed by atoms with Crippen LogP contribution in [0.15, 0.2) is 0 Å². The molecular formula is C12H24BrN. The molecule has 1 aliphatic heterocycles. The second-order valence-corrected chi connectivity index (χ2v) is 5.29. The minimum Gasteiger partial charge on any atom is -0.303 e. The molecule has 1 unspecified atom stereocenters. The predicted molar refractivity (Wildman–Crippen MR) is 67.1 cm³/mol. The maximum atomic E-state index is 3.55. The Labute approximate surface area is 97.4 Å². The van der Waals surface area contributed by atoms with Crippen LogP contribution in [0.25, 0.3) is 0 Å². The Morgan fingerprint density at radius 1 is 1.36 bits per heavy atom. The number of rotatable bonds is 6. The SMILES string of the molecule is CCCCCN1CCCC(CCBr)C1. The summed E-state index contributed by atoms with van der Waals surface area (Å²) in [6.45, 7) is 6.33. The number of hydrogen-bond acceptors (Lipinski definition) is 1. The molecule has 1 fully saturated rings. The monoisotopic (exact) mass is 261 g/mol. The highest BCUT2D eigenvalue weighted by atomic mass is 79.9. The summed E-state index contributed by atoms with van der Waals surface area (Å²) in [5.41, 5.74) is 0. The second-order valence-electron chi connectivity index (χ2n) is 4.49. The minimum atomic E-state index is 0.963. The molecule has 0 bridgehead atoms. The fourth-order valence-corrected chi connectivity index (χ4v) is 2.98. The zero-order chi connectivity index (χ0) is 10.2. The van der Waals surface area contributed by atoms with E-state index in [2.05, 4.69) is 27.8 Å². The highest BCUT2D eigenvalue weighted by molar-refractivity contribution is 9.09. The molecule has 14 heavy (non-hydrogen) atoms. The third-order valence-corrected chi connectivity index (χ3v) is 3.66. The Morgan fingerprint density at radius 2 is 2.21 bits per heavy atom. The summed E-state index contributed by atoms with van der Waals surface area (Å²) in [6, 6.07) is 0. The van der Waals surface area contributed by atoms with Crippen molar-refractivity contribution in [1.29, 1.82) is 0 Å². The number of likely N-dealkylation sites (tertiary alicyclic amines) is 1. The van der Waals surface area contributed by atoms with E-state index in [9.17, 15) is 0 Å². The van der Waals surface area contributed by atoms with Crippen LogP contribution in [0.5, 0.6) is 0 Å². The van der Waals surface area contributed by atoms with Gasteiger partial charge in [0.1, 0.15) is 0 Å². The number of nitrogens with zero attached hydrogens (tertiary/aromatic N) is 1. The quantitative estimate of drug-likeness (QED) is 0.521. The van der Waals surface area contributed by atoms with Crippen LogP contribution >= 0.6 is 15.9 Å². The lowest BCUT2D eigenvalue weighted by Crippen LogP contribution is -2.36. The molecule has 0 N–H and O–H groups in total. The molecule has 0 spiro atoms. The molecule has 1 atom stereocenters. The Hall–Kier alpha value is 0.440. The van der Waals surface area contributed by atoms with Gasteiger partial charge in [0.25, 0.3) is 0 Å². The van der Waals surface area contributed by atoms with Gasteiger partial charge in [-0.2, -0.15) is 0 Å². The van der Waals surface area contributed by atoms with Gasteiger partial charge in [-0.05, 0) is 44.7 Å². The summed E-state index contributed by atoms with van der Waals surface area (Å²) in [6.07, 6.45) is 8.39. The summed E-state index contributed by atoms with van der Waals surface area (Å²) < 4.78 is 0.